The fraction of sp³-hybridized carbons (Fsp3) is 0.933. The van der Waals surface area contributed by atoms with Gasteiger partial charge in [-0.15, -0.1) is 0 Å². The molecule has 120 valence electrons. The summed E-state index contributed by atoms with van der Waals surface area (Å²) in [4.78, 5) is 13.7. The average molecular weight is 288 g/mol. The van der Waals surface area contributed by atoms with E-state index in [1.54, 1.807) is 4.90 Å². The van der Waals surface area contributed by atoms with Crippen LogP contribution in [0.5, 0.6) is 0 Å². The number of aliphatic hydroxyl groups excluding tert-OH is 1. The van der Waals surface area contributed by atoms with E-state index in [-0.39, 0.29) is 19.4 Å². The maximum Gasteiger partial charge on any atom is 0.411 e. The highest BCUT2D eigenvalue weighted by atomic mass is 16.6. The largest absolute Gasteiger partial charge is 0.447 e. The fourth-order valence-corrected chi connectivity index (χ4v) is 2.21. The van der Waals surface area contributed by atoms with Crippen molar-refractivity contribution in [2.45, 2.75) is 65.5 Å². The molecule has 5 nitrogen and oxygen atoms in total. The maximum absolute atomic E-state index is 12.1. The van der Waals surface area contributed by atoms with E-state index in [0.717, 1.165) is 32.1 Å². The van der Waals surface area contributed by atoms with Gasteiger partial charge in [0.25, 0.3) is 0 Å². The highest BCUT2D eigenvalue weighted by Crippen LogP contribution is 2.17. The quantitative estimate of drug-likeness (QED) is 0.573. The van der Waals surface area contributed by atoms with E-state index in [9.17, 15) is 4.79 Å². The molecule has 0 aromatic heterocycles. The van der Waals surface area contributed by atoms with E-state index in [4.69, 9.17) is 15.6 Å². The second-order valence-electron chi connectivity index (χ2n) is 5.26. The average Bonchev–Trinajstić information content (AvgIpc) is 2.45. The Kier molecular flexibility index (Phi) is 11.5. The minimum Gasteiger partial charge on any atom is -0.447 e. The molecule has 0 radical (unpaired) electrons. The Morgan fingerprint density at radius 1 is 1.25 bits per heavy atom. The molecular formula is C15H32N2O3. The molecule has 0 aromatic carbocycles. The van der Waals surface area contributed by atoms with Crippen LogP contribution in [0.1, 0.15) is 59.3 Å². The lowest BCUT2D eigenvalue weighted by Crippen LogP contribution is -2.48. The van der Waals surface area contributed by atoms with Gasteiger partial charge in [-0.2, -0.15) is 0 Å². The molecule has 2 unspecified atom stereocenters. The van der Waals surface area contributed by atoms with E-state index in [1.165, 1.54) is 6.42 Å². The van der Waals surface area contributed by atoms with Crippen LogP contribution in [0.4, 0.5) is 4.79 Å². The topological polar surface area (TPSA) is 75.8 Å². The summed E-state index contributed by atoms with van der Waals surface area (Å²) in [6.07, 6.45) is 5.44. The first kappa shape index (κ1) is 19.2. The Hall–Kier alpha value is -0.810. The third-order valence-electron chi connectivity index (χ3n) is 3.53. The van der Waals surface area contributed by atoms with Gasteiger partial charge in [0.15, 0.2) is 0 Å². The zero-order valence-corrected chi connectivity index (χ0v) is 13.3. The number of ether oxygens (including phenoxy) is 1. The summed E-state index contributed by atoms with van der Waals surface area (Å²) in [6.45, 7) is 6.87. The predicted molar refractivity (Wildman–Crippen MR) is 81.3 cm³/mol. The third kappa shape index (κ3) is 7.70. The number of carbonyl (C=O) groups is 1. The second-order valence-corrected chi connectivity index (χ2v) is 5.26. The first-order valence-electron chi connectivity index (χ1n) is 7.90. The molecule has 3 N–H and O–H groups in total. The van der Waals surface area contributed by atoms with Gasteiger partial charge >= 0.3 is 6.09 Å². The van der Waals surface area contributed by atoms with Crippen molar-refractivity contribution in [3.63, 3.8) is 0 Å². The molecule has 2 atom stereocenters. The molecule has 0 aliphatic carbocycles. The van der Waals surface area contributed by atoms with Gasteiger partial charge < -0.3 is 15.6 Å². The van der Waals surface area contributed by atoms with Gasteiger partial charge in [-0.25, -0.2) is 4.79 Å². The second kappa shape index (κ2) is 12.0. The number of rotatable bonds is 11. The van der Waals surface area contributed by atoms with E-state index in [2.05, 4.69) is 13.8 Å². The maximum atomic E-state index is 12.1. The molecule has 0 spiro atoms. The molecule has 5 heteroatoms. The van der Waals surface area contributed by atoms with Crippen LogP contribution in [0.25, 0.3) is 0 Å². The van der Waals surface area contributed by atoms with Crippen molar-refractivity contribution >= 4 is 6.09 Å². The number of aliphatic hydroxyl groups is 1. The van der Waals surface area contributed by atoms with Crippen LogP contribution in [0, 0.1) is 5.92 Å². The van der Waals surface area contributed by atoms with Crippen molar-refractivity contribution in [3.05, 3.63) is 0 Å². The Morgan fingerprint density at radius 3 is 2.45 bits per heavy atom. The van der Waals surface area contributed by atoms with Crippen molar-refractivity contribution in [2.24, 2.45) is 11.7 Å². The van der Waals surface area contributed by atoms with Crippen LogP contribution < -0.4 is 5.73 Å². The van der Waals surface area contributed by atoms with Gasteiger partial charge in [0.1, 0.15) is 6.61 Å². The standard InChI is InChI=1S/C15H32N2O3/c1-4-7-9-13(6-3)12-17(14(16)8-5-2)15(19)20-11-10-18/h13-14,18H,4-12,16H2,1-3H3. The van der Waals surface area contributed by atoms with Crippen molar-refractivity contribution in [1.29, 1.82) is 0 Å². The summed E-state index contributed by atoms with van der Waals surface area (Å²) >= 11 is 0. The third-order valence-corrected chi connectivity index (χ3v) is 3.53. The first-order chi connectivity index (χ1) is 9.60. The van der Waals surface area contributed by atoms with Gasteiger partial charge in [-0.3, -0.25) is 4.90 Å². The fourth-order valence-electron chi connectivity index (χ4n) is 2.21. The predicted octanol–water partition coefficient (Wildman–Crippen LogP) is 2.72. The summed E-state index contributed by atoms with van der Waals surface area (Å²) < 4.78 is 5.03. The molecule has 0 heterocycles. The molecule has 0 aliphatic rings. The molecular weight excluding hydrogens is 256 g/mol. The zero-order chi connectivity index (χ0) is 15.4. The van der Waals surface area contributed by atoms with Crippen LogP contribution in [-0.4, -0.2) is 42.0 Å². The van der Waals surface area contributed by atoms with Gasteiger partial charge in [0.05, 0.1) is 12.8 Å². The smallest absolute Gasteiger partial charge is 0.411 e. The molecule has 0 saturated carbocycles. The molecule has 1 amide bonds. The van der Waals surface area contributed by atoms with Crippen molar-refractivity contribution < 1.29 is 14.6 Å². The number of amides is 1. The monoisotopic (exact) mass is 288 g/mol. The molecule has 0 rings (SSSR count). The number of nitrogens with two attached hydrogens (primary N) is 1. The van der Waals surface area contributed by atoms with E-state index in [1.807, 2.05) is 6.92 Å². The Balaban J connectivity index is 4.59. The lowest BCUT2D eigenvalue weighted by molar-refractivity contribution is 0.0628. The van der Waals surface area contributed by atoms with Crippen molar-refractivity contribution in [3.8, 4) is 0 Å². The molecule has 0 saturated heterocycles. The number of hydrogen-bond donors (Lipinski definition) is 2. The number of nitrogens with zero attached hydrogens (tertiary/aromatic N) is 1. The van der Waals surface area contributed by atoms with E-state index < -0.39 is 6.09 Å². The van der Waals surface area contributed by atoms with Crippen LogP contribution in [0.3, 0.4) is 0 Å². The van der Waals surface area contributed by atoms with Crippen molar-refractivity contribution in [1.82, 2.24) is 4.90 Å². The van der Waals surface area contributed by atoms with Crippen LogP contribution >= 0.6 is 0 Å². The summed E-state index contributed by atoms with van der Waals surface area (Å²) in [5, 5.41) is 8.76. The Labute approximate surface area is 123 Å². The SMILES string of the molecule is CCCCC(CC)CN(C(=O)OCCO)C(N)CCC. The summed E-state index contributed by atoms with van der Waals surface area (Å²) in [6, 6.07) is 0. The summed E-state index contributed by atoms with van der Waals surface area (Å²) in [7, 11) is 0. The zero-order valence-electron chi connectivity index (χ0n) is 13.3. The molecule has 20 heavy (non-hydrogen) atoms. The molecule has 0 aliphatic heterocycles. The van der Waals surface area contributed by atoms with Gasteiger partial charge in [-0.1, -0.05) is 46.5 Å². The van der Waals surface area contributed by atoms with E-state index in [0.29, 0.717) is 12.5 Å². The highest BCUT2D eigenvalue weighted by molar-refractivity contribution is 5.68. The summed E-state index contributed by atoms with van der Waals surface area (Å²) in [5.74, 6) is 0.458. The van der Waals surface area contributed by atoms with Crippen LogP contribution in [0.2, 0.25) is 0 Å². The number of hydrogen-bond acceptors (Lipinski definition) is 4. The van der Waals surface area contributed by atoms with Gasteiger partial charge in [0, 0.05) is 6.54 Å². The first-order valence-corrected chi connectivity index (χ1v) is 7.90. The van der Waals surface area contributed by atoms with Crippen molar-refractivity contribution in [2.75, 3.05) is 19.8 Å². The van der Waals surface area contributed by atoms with Crippen LogP contribution in [0.15, 0.2) is 0 Å². The van der Waals surface area contributed by atoms with Crippen LogP contribution in [-0.2, 0) is 4.74 Å². The number of carbonyl (C=O) groups excluding carboxylic acids is 1. The van der Waals surface area contributed by atoms with E-state index >= 15 is 0 Å². The highest BCUT2D eigenvalue weighted by Gasteiger charge is 2.24. The molecule has 0 bridgehead atoms. The molecule has 0 fully saturated rings. The normalized spacial score (nSPS) is 13.8. The lowest BCUT2D eigenvalue weighted by Gasteiger charge is -2.31. The minimum atomic E-state index is -0.407. The summed E-state index contributed by atoms with van der Waals surface area (Å²) in [5.41, 5.74) is 6.10. The Bertz CT molecular complexity index is 249. The van der Waals surface area contributed by atoms with Gasteiger partial charge in [-0.05, 0) is 18.8 Å². The number of unbranched alkanes of at least 4 members (excludes halogenated alkanes) is 1. The minimum absolute atomic E-state index is 0.0277. The lowest BCUT2D eigenvalue weighted by atomic mass is 9.98. The van der Waals surface area contributed by atoms with Gasteiger partial charge in [0.2, 0.25) is 0 Å². The Morgan fingerprint density at radius 2 is 1.95 bits per heavy atom. The molecule has 0 aromatic rings.